The van der Waals surface area contributed by atoms with Gasteiger partial charge in [-0.1, -0.05) is 65.5 Å². The van der Waals surface area contributed by atoms with Gasteiger partial charge in [-0.15, -0.1) is 0 Å². The summed E-state index contributed by atoms with van der Waals surface area (Å²) >= 11 is 2.21. The Morgan fingerprint density at radius 1 is 0.900 bits per heavy atom. The lowest BCUT2D eigenvalue weighted by Gasteiger charge is -2.41. The second kappa shape index (κ2) is 13.5. The Hall–Kier alpha value is -0.420. The van der Waals surface area contributed by atoms with E-state index in [1.54, 1.807) is 5.71 Å². The third-order valence-corrected chi connectivity index (χ3v) is 14.3. The molecule has 0 aromatic carbocycles. The van der Waals surface area contributed by atoms with Crippen molar-refractivity contribution in [3.05, 3.63) is 4.91 Å². The minimum atomic E-state index is 0.298. The molecule has 3 aliphatic carbocycles. The van der Waals surface area contributed by atoms with E-state index in [9.17, 15) is 4.91 Å². The van der Waals surface area contributed by atoms with Crippen LogP contribution in [0.25, 0.3) is 0 Å². The first-order valence-electron chi connectivity index (χ1n) is 17.5. The van der Waals surface area contributed by atoms with Crippen molar-refractivity contribution in [1.82, 2.24) is 4.90 Å². The number of nitrogens with zero attached hydrogens (tertiary/aromatic N) is 3. The third-order valence-electron chi connectivity index (χ3n) is 12.7. The molecule has 1 saturated heterocycles. The van der Waals surface area contributed by atoms with Crippen molar-refractivity contribution < 1.29 is 0 Å². The zero-order valence-corrected chi connectivity index (χ0v) is 27.5. The molecule has 0 aromatic rings. The standard InChI is InChI=1S/C35H61N3OS/c1-6-23-38-30-17-10-15-28(30)35(4,5)32(38)21-19-26-13-9-12-25(33(26)40-24-11-22-36-39)18-20-31-34(2,3)27-14-7-8-16-29(27)37-31/h25-30,32-33H,6-24H2,1-5H3. The molecule has 0 bridgehead atoms. The molecule has 0 N–H and O–H groups in total. The van der Waals surface area contributed by atoms with Gasteiger partial charge in [-0.2, -0.15) is 16.7 Å². The highest BCUT2D eigenvalue weighted by Crippen LogP contribution is 2.54. The predicted molar refractivity (Wildman–Crippen MR) is 173 cm³/mol. The van der Waals surface area contributed by atoms with Crippen LogP contribution in [0.3, 0.4) is 0 Å². The normalized spacial score (nSPS) is 38.7. The molecule has 2 heterocycles. The van der Waals surface area contributed by atoms with E-state index in [1.165, 1.54) is 103 Å². The molecule has 4 nitrogen and oxygen atoms in total. The maximum Gasteiger partial charge on any atom is 0.0819 e. The van der Waals surface area contributed by atoms with E-state index >= 15 is 0 Å². The Kier molecular flexibility index (Phi) is 10.5. The maximum absolute atomic E-state index is 10.8. The van der Waals surface area contributed by atoms with Crippen molar-refractivity contribution in [2.75, 3.05) is 18.8 Å². The largest absolute Gasteiger partial charge is 0.297 e. The Labute approximate surface area is 251 Å². The topological polar surface area (TPSA) is 45.0 Å². The highest BCUT2D eigenvalue weighted by Gasteiger charge is 2.54. The van der Waals surface area contributed by atoms with E-state index in [2.05, 4.69) is 56.5 Å². The number of nitroso groups, excluding NO2 is 1. The summed E-state index contributed by atoms with van der Waals surface area (Å²) in [5.41, 5.74) is 2.30. The van der Waals surface area contributed by atoms with E-state index in [0.29, 0.717) is 23.4 Å². The van der Waals surface area contributed by atoms with Crippen LogP contribution in [0, 0.1) is 39.4 Å². The lowest BCUT2D eigenvalue weighted by Crippen LogP contribution is -2.41. The number of thioether (sulfide) groups is 1. The molecule has 228 valence electrons. The number of hydrogen-bond donors (Lipinski definition) is 0. The molecule has 0 aromatic heterocycles. The first-order chi connectivity index (χ1) is 19.3. The van der Waals surface area contributed by atoms with Crippen LogP contribution in [0.2, 0.25) is 0 Å². The van der Waals surface area contributed by atoms with Gasteiger partial charge in [0.2, 0.25) is 0 Å². The molecule has 5 rings (SSSR count). The van der Waals surface area contributed by atoms with Gasteiger partial charge in [0.05, 0.1) is 12.6 Å². The predicted octanol–water partition coefficient (Wildman–Crippen LogP) is 9.55. The van der Waals surface area contributed by atoms with Crippen LogP contribution in [-0.2, 0) is 0 Å². The fourth-order valence-corrected chi connectivity index (χ4v) is 12.2. The zero-order valence-electron chi connectivity index (χ0n) is 26.7. The average molecular weight is 572 g/mol. The van der Waals surface area contributed by atoms with Gasteiger partial charge in [0.25, 0.3) is 0 Å². The third kappa shape index (κ3) is 6.27. The van der Waals surface area contributed by atoms with Gasteiger partial charge in [0.15, 0.2) is 0 Å². The Morgan fingerprint density at radius 2 is 1.62 bits per heavy atom. The van der Waals surface area contributed by atoms with E-state index in [1.807, 2.05) is 0 Å². The highest BCUT2D eigenvalue weighted by molar-refractivity contribution is 7.99. The summed E-state index contributed by atoms with van der Waals surface area (Å²) in [6.07, 6.45) is 21.5. The summed E-state index contributed by atoms with van der Waals surface area (Å²) in [5, 5.41) is 3.92. The lowest BCUT2D eigenvalue weighted by atomic mass is 9.68. The van der Waals surface area contributed by atoms with Gasteiger partial charge in [0.1, 0.15) is 0 Å². The fourth-order valence-electron chi connectivity index (χ4n) is 10.6. The molecule has 2 aliphatic heterocycles. The Bertz CT molecular complexity index is 871. The number of fused-ring (bicyclic) bond motifs is 2. The lowest BCUT2D eigenvalue weighted by molar-refractivity contribution is 0.122. The molecule has 0 spiro atoms. The molecule has 8 unspecified atom stereocenters. The van der Waals surface area contributed by atoms with E-state index < -0.39 is 0 Å². The van der Waals surface area contributed by atoms with Crippen molar-refractivity contribution in [3.63, 3.8) is 0 Å². The summed E-state index contributed by atoms with van der Waals surface area (Å²) in [6.45, 7) is 14.4. The van der Waals surface area contributed by atoms with Gasteiger partial charge >= 0.3 is 0 Å². The van der Waals surface area contributed by atoms with E-state index in [4.69, 9.17) is 4.99 Å². The van der Waals surface area contributed by atoms with Crippen molar-refractivity contribution in [3.8, 4) is 0 Å². The van der Waals surface area contributed by atoms with Gasteiger partial charge in [-0.3, -0.25) is 9.89 Å². The van der Waals surface area contributed by atoms with Crippen LogP contribution < -0.4 is 0 Å². The number of hydrogen-bond acceptors (Lipinski definition) is 5. The average Bonchev–Trinajstić information content (AvgIpc) is 3.58. The molecular weight excluding hydrogens is 510 g/mol. The van der Waals surface area contributed by atoms with Gasteiger partial charge < -0.3 is 0 Å². The number of rotatable bonds is 13. The van der Waals surface area contributed by atoms with Gasteiger partial charge in [-0.05, 0) is 118 Å². The van der Waals surface area contributed by atoms with Crippen molar-refractivity contribution in [1.29, 1.82) is 0 Å². The van der Waals surface area contributed by atoms with Crippen molar-refractivity contribution >= 4 is 17.5 Å². The minimum Gasteiger partial charge on any atom is -0.297 e. The monoisotopic (exact) mass is 571 g/mol. The maximum atomic E-state index is 10.8. The molecule has 40 heavy (non-hydrogen) atoms. The van der Waals surface area contributed by atoms with Crippen LogP contribution in [0.5, 0.6) is 0 Å². The molecule has 8 atom stereocenters. The quantitative estimate of drug-likeness (QED) is 0.163. The van der Waals surface area contributed by atoms with Crippen LogP contribution in [-0.4, -0.2) is 52.8 Å². The number of likely N-dealkylation sites (tertiary alicyclic amines) is 1. The molecule has 5 heteroatoms. The molecule has 3 saturated carbocycles. The van der Waals surface area contributed by atoms with Crippen LogP contribution in [0.1, 0.15) is 137 Å². The van der Waals surface area contributed by atoms with Crippen molar-refractivity contribution in [2.45, 2.75) is 161 Å². The van der Waals surface area contributed by atoms with Crippen LogP contribution in [0.15, 0.2) is 10.2 Å². The second-order valence-corrected chi connectivity index (χ2v) is 16.8. The van der Waals surface area contributed by atoms with Gasteiger partial charge in [-0.25, -0.2) is 0 Å². The van der Waals surface area contributed by atoms with Crippen LogP contribution >= 0.6 is 11.8 Å². The zero-order chi connectivity index (χ0) is 28.3. The highest BCUT2D eigenvalue weighted by atomic mass is 32.2. The summed E-state index contributed by atoms with van der Waals surface area (Å²) in [5.74, 6) is 4.42. The summed E-state index contributed by atoms with van der Waals surface area (Å²) < 4.78 is 0. The molecule has 0 amide bonds. The minimum absolute atomic E-state index is 0.298. The first-order valence-corrected chi connectivity index (χ1v) is 18.6. The van der Waals surface area contributed by atoms with Crippen molar-refractivity contribution in [2.24, 2.45) is 44.7 Å². The smallest absolute Gasteiger partial charge is 0.0819 e. The van der Waals surface area contributed by atoms with E-state index in [0.717, 1.165) is 53.2 Å². The SMILES string of the molecule is CCCN1C2CCCC2C(C)(C)C1CCC1CCCC(CCC2=NC3CCCCC3C2(C)C)C1SCCCN=O. The Morgan fingerprint density at radius 3 is 2.38 bits per heavy atom. The van der Waals surface area contributed by atoms with Crippen LogP contribution in [0.4, 0.5) is 0 Å². The summed E-state index contributed by atoms with van der Waals surface area (Å²) in [6, 6.07) is 2.21. The summed E-state index contributed by atoms with van der Waals surface area (Å²) in [4.78, 5) is 19.2. The molecule has 4 fully saturated rings. The fraction of sp³-hybridized carbons (Fsp3) is 0.971. The molecule has 0 radical (unpaired) electrons. The molecule has 5 aliphatic rings. The molecular formula is C35H61N3OS. The second-order valence-electron chi connectivity index (χ2n) is 15.5. The number of aliphatic imine (C=N–C) groups is 1. The first kappa shape index (κ1) is 31.0. The van der Waals surface area contributed by atoms with E-state index in [-0.39, 0.29) is 0 Å². The Balaban J connectivity index is 1.25. The summed E-state index contributed by atoms with van der Waals surface area (Å²) in [7, 11) is 0. The van der Waals surface area contributed by atoms with Gasteiger partial charge in [0, 0.05) is 28.5 Å².